The van der Waals surface area contributed by atoms with E-state index in [1.165, 1.54) is 0 Å². The molecule has 1 aromatic heterocycles. The third-order valence-corrected chi connectivity index (χ3v) is 2.03. The van der Waals surface area contributed by atoms with Gasteiger partial charge < -0.3 is 0 Å². The Hall–Kier alpha value is -1.36. The number of hydrogen-bond acceptors (Lipinski definition) is 3. The van der Waals surface area contributed by atoms with Crippen LogP contribution >= 0.6 is 15.9 Å². The SMILES string of the molecule is O=c1[nH]c(-c2cccc(Br)c2)no1. The Morgan fingerprint density at radius 1 is 1.46 bits per heavy atom. The molecule has 66 valence electrons. The van der Waals surface area contributed by atoms with Crippen LogP contribution in [-0.4, -0.2) is 10.1 Å². The Morgan fingerprint density at radius 2 is 2.31 bits per heavy atom. The van der Waals surface area contributed by atoms with E-state index < -0.39 is 5.76 Å². The molecule has 0 spiro atoms. The Morgan fingerprint density at radius 3 is 2.92 bits per heavy atom. The molecule has 2 rings (SSSR count). The molecule has 0 amide bonds. The number of hydrogen-bond donors (Lipinski definition) is 1. The van der Waals surface area contributed by atoms with Crippen LogP contribution in [0, 0.1) is 0 Å². The summed E-state index contributed by atoms with van der Waals surface area (Å²) in [7, 11) is 0. The molecule has 1 heterocycles. The molecule has 5 heteroatoms. The number of H-pyrrole nitrogens is 1. The molecule has 0 saturated heterocycles. The number of nitrogens with zero attached hydrogens (tertiary/aromatic N) is 1. The highest BCUT2D eigenvalue weighted by Crippen LogP contribution is 2.18. The summed E-state index contributed by atoms with van der Waals surface area (Å²) in [5.41, 5.74) is 0.806. The summed E-state index contributed by atoms with van der Waals surface area (Å²) in [6.07, 6.45) is 0. The van der Waals surface area contributed by atoms with Gasteiger partial charge in [-0.3, -0.25) is 9.51 Å². The van der Waals surface area contributed by atoms with E-state index in [2.05, 4.69) is 30.6 Å². The number of nitrogens with one attached hydrogen (secondary N) is 1. The summed E-state index contributed by atoms with van der Waals surface area (Å²) >= 11 is 3.32. The van der Waals surface area contributed by atoms with Gasteiger partial charge in [0.05, 0.1) is 0 Å². The fourth-order valence-electron chi connectivity index (χ4n) is 0.990. The van der Waals surface area contributed by atoms with Crippen LogP contribution in [0.1, 0.15) is 0 Å². The third-order valence-electron chi connectivity index (χ3n) is 1.54. The van der Waals surface area contributed by atoms with Gasteiger partial charge in [-0.25, -0.2) is 4.79 Å². The topological polar surface area (TPSA) is 58.9 Å². The van der Waals surface area contributed by atoms with E-state index in [0.717, 1.165) is 10.0 Å². The lowest BCUT2D eigenvalue weighted by Crippen LogP contribution is -1.94. The van der Waals surface area contributed by atoms with Crippen molar-refractivity contribution in [3.05, 3.63) is 39.3 Å². The van der Waals surface area contributed by atoms with E-state index >= 15 is 0 Å². The second kappa shape index (κ2) is 3.18. The average molecular weight is 241 g/mol. The first-order valence-corrected chi connectivity index (χ1v) is 4.37. The van der Waals surface area contributed by atoms with E-state index in [9.17, 15) is 4.79 Å². The van der Waals surface area contributed by atoms with Gasteiger partial charge in [-0.15, -0.1) is 0 Å². The molecule has 0 aliphatic carbocycles. The maximum atomic E-state index is 10.7. The second-order valence-corrected chi connectivity index (χ2v) is 3.37. The fraction of sp³-hybridized carbons (Fsp3) is 0. The van der Waals surface area contributed by atoms with Gasteiger partial charge >= 0.3 is 5.76 Å². The van der Waals surface area contributed by atoms with Crippen molar-refractivity contribution in [2.45, 2.75) is 0 Å². The molecule has 0 bridgehead atoms. The number of benzene rings is 1. The van der Waals surface area contributed by atoms with E-state index in [-0.39, 0.29) is 0 Å². The highest BCUT2D eigenvalue weighted by atomic mass is 79.9. The lowest BCUT2D eigenvalue weighted by Gasteiger charge is -1.94. The van der Waals surface area contributed by atoms with Crippen molar-refractivity contribution in [3.8, 4) is 11.4 Å². The van der Waals surface area contributed by atoms with Gasteiger partial charge in [0.1, 0.15) is 0 Å². The Labute approximate surface area is 81.7 Å². The van der Waals surface area contributed by atoms with Gasteiger partial charge in [-0.1, -0.05) is 33.2 Å². The first-order valence-electron chi connectivity index (χ1n) is 3.57. The summed E-state index contributed by atoms with van der Waals surface area (Å²) in [5.74, 6) is -0.110. The van der Waals surface area contributed by atoms with Crippen molar-refractivity contribution in [1.82, 2.24) is 10.1 Å². The number of rotatable bonds is 1. The molecule has 0 unspecified atom stereocenters. The zero-order chi connectivity index (χ0) is 9.26. The molecule has 1 aromatic carbocycles. The van der Waals surface area contributed by atoms with Crippen LogP contribution in [0.5, 0.6) is 0 Å². The van der Waals surface area contributed by atoms with Gasteiger partial charge in [0.2, 0.25) is 0 Å². The molecule has 2 aromatic rings. The molecule has 0 aliphatic rings. The maximum absolute atomic E-state index is 10.7. The minimum Gasteiger partial charge on any atom is -0.296 e. The monoisotopic (exact) mass is 240 g/mol. The first-order chi connectivity index (χ1) is 6.25. The Balaban J connectivity index is 2.52. The van der Waals surface area contributed by atoms with Gasteiger partial charge in [0.15, 0.2) is 5.82 Å². The Kier molecular flexibility index (Phi) is 2.02. The maximum Gasteiger partial charge on any atom is 0.439 e. The van der Waals surface area contributed by atoms with Crippen molar-refractivity contribution < 1.29 is 4.52 Å². The van der Waals surface area contributed by atoms with Gasteiger partial charge in [0.25, 0.3) is 0 Å². The van der Waals surface area contributed by atoms with Crippen LogP contribution in [0.2, 0.25) is 0 Å². The molecule has 13 heavy (non-hydrogen) atoms. The van der Waals surface area contributed by atoms with Crippen LogP contribution in [0.25, 0.3) is 11.4 Å². The fourth-order valence-corrected chi connectivity index (χ4v) is 1.39. The van der Waals surface area contributed by atoms with E-state index in [1.54, 1.807) is 0 Å². The third kappa shape index (κ3) is 1.70. The summed E-state index contributed by atoms with van der Waals surface area (Å²) in [4.78, 5) is 13.1. The zero-order valence-electron chi connectivity index (χ0n) is 6.45. The number of aromatic amines is 1. The molecule has 4 nitrogen and oxygen atoms in total. The van der Waals surface area contributed by atoms with Gasteiger partial charge in [0, 0.05) is 10.0 Å². The molecular weight excluding hydrogens is 236 g/mol. The summed E-state index contributed by atoms with van der Waals surface area (Å²) in [5, 5.41) is 3.56. The van der Waals surface area contributed by atoms with Crippen molar-refractivity contribution in [2.75, 3.05) is 0 Å². The molecule has 0 fully saturated rings. The predicted octanol–water partition coefficient (Wildman–Crippen LogP) is 1.79. The van der Waals surface area contributed by atoms with Crippen LogP contribution in [0.15, 0.2) is 38.1 Å². The van der Waals surface area contributed by atoms with E-state index in [1.807, 2.05) is 24.3 Å². The van der Waals surface area contributed by atoms with E-state index in [4.69, 9.17) is 0 Å². The van der Waals surface area contributed by atoms with Crippen LogP contribution < -0.4 is 5.76 Å². The molecule has 0 atom stereocenters. The smallest absolute Gasteiger partial charge is 0.296 e. The quantitative estimate of drug-likeness (QED) is 0.827. The molecule has 0 aliphatic heterocycles. The van der Waals surface area contributed by atoms with Gasteiger partial charge in [-0.2, -0.15) is 0 Å². The van der Waals surface area contributed by atoms with Crippen LogP contribution in [0.4, 0.5) is 0 Å². The standard InChI is InChI=1S/C8H5BrN2O2/c9-6-3-1-2-5(4-6)7-10-8(12)13-11-7/h1-4H,(H,10,11,12). The predicted molar refractivity (Wildman–Crippen MR) is 50.3 cm³/mol. The normalized spacial score (nSPS) is 10.2. The Bertz CT molecular complexity index is 475. The van der Waals surface area contributed by atoms with Gasteiger partial charge in [-0.05, 0) is 12.1 Å². The first kappa shape index (κ1) is 8.25. The molecule has 0 radical (unpaired) electrons. The van der Waals surface area contributed by atoms with E-state index in [0.29, 0.717) is 5.82 Å². The summed E-state index contributed by atoms with van der Waals surface area (Å²) in [6.45, 7) is 0. The largest absolute Gasteiger partial charge is 0.439 e. The molecule has 0 saturated carbocycles. The summed E-state index contributed by atoms with van der Waals surface area (Å²) < 4.78 is 5.31. The zero-order valence-corrected chi connectivity index (χ0v) is 8.04. The van der Waals surface area contributed by atoms with Crippen LogP contribution in [-0.2, 0) is 0 Å². The molecule has 1 N–H and O–H groups in total. The molecular formula is C8H5BrN2O2. The highest BCUT2D eigenvalue weighted by molar-refractivity contribution is 9.10. The minimum absolute atomic E-state index is 0.436. The summed E-state index contributed by atoms with van der Waals surface area (Å²) in [6, 6.07) is 7.42. The average Bonchev–Trinajstić information content (AvgIpc) is 2.52. The second-order valence-electron chi connectivity index (χ2n) is 2.45. The number of halogens is 1. The lowest BCUT2D eigenvalue weighted by atomic mass is 10.2. The van der Waals surface area contributed by atoms with Crippen molar-refractivity contribution in [3.63, 3.8) is 0 Å². The van der Waals surface area contributed by atoms with Crippen molar-refractivity contribution >= 4 is 15.9 Å². The van der Waals surface area contributed by atoms with Crippen molar-refractivity contribution in [2.24, 2.45) is 0 Å². The van der Waals surface area contributed by atoms with Crippen LogP contribution in [0.3, 0.4) is 0 Å². The minimum atomic E-state index is -0.546. The number of aromatic nitrogens is 2. The highest BCUT2D eigenvalue weighted by Gasteiger charge is 2.03. The lowest BCUT2D eigenvalue weighted by molar-refractivity contribution is 0.388. The van der Waals surface area contributed by atoms with Crippen molar-refractivity contribution in [1.29, 1.82) is 0 Å².